The van der Waals surface area contributed by atoms with Crippen molar-refractivity contribution in [1.82, 2.24) is 4.98 Å². The number of anilines is 1. The second-order valence-electron chi connectivity index (χ2n) is 4.57. The average molecular weight is 235 g/mol. The summed E-state index contributed by atoms with van der Waals surface area (Å²) in [5.74, 6) is 0. The molecular weight excluding hydrogens is 214 g/mol. The number of pyridine rings is 1. The molecule has 1 aromatic heterocycles. The quantitative estimate of drug-likeness (QED) is 0.825. The van der Waals surface area contributed by atoms with Crippen molar-refractivity contribution in [2.75, 3.05) is 18.1 Å². The molecule has 1 aliphatic heterocycles. The molecule has 0 amide bonds. The largest absolute Gasteiger partial charge is 0.396 e. The fraction of sp³-hybridized carbons (Fsp3) is 0.615. The van der Waals surface area contributed by atoms with E-state index in [1.54, 1.807) is 0 Å². The molecule has 94 valence electrons. The third-order valence-corrected chi connectivity index (χ3v) is 3.44. The van der Waals surface area contributed by atoms with E-state index in [1.807, 2.05) is 12.3 Å². The van der Waals surface area contributed by atoms with E-state index in [2.05, 4.69) is 16.0 Å². The number of aliphatic hydroxyl groups excluding tert-OH is 1. The van der Waals surface area contributed by atoms with Crippen molar-refractivity contribution in [2.24, 2.45) is 5.73 Å². The second kappa shape index (κ2) is 5.98. The Kier molecular flexibility index (Phi) is 4.34. The molecule has 1 fully saturated rings. The van der Waals surface area contributed by atoms with E-state index in [1.165, 1.54) is 19.3 Å². The number of hydrogen-bond donors (Lipinski definition) is 2. The third kappa shape index (κ3) is 2.96. The predicted molar refractivity (Wildman–Crippen MR) is 68.8 cm³/mol. The third-order valence-electron chi connectivity index (χ3n) is 3.44. The molecule has 0 bridgehead atoms. The van der Waals surface area contributed by atoms with Crippen LogP contribution in [0.15, 0.2) is 18.3 Å². The van der Waals surface area contributed by atoms with E-state index in [0.29, 0.717) is 12.6 Å². The summed E-state index contributed by atoms with van der Waals surface area (Å²) in [7, 11) is 0. The maximum absolute atomic E-state index is 9.11. The van der Waals surface area contributed by atoms with E-state index in [-0.39, 0.29) is 6.61 Å². The maximum Gasteiger partial charge on any atom is 0.0555 e. The fourth-order valence-corrected chi connectivity index (χ4v) is 2.50. The van der Waals surface area contributed by atoms with Crippen LogP contribution in [0.25, 0.3) is 0 Å². The molecule has 2 rings (SSSR count). The Morgan fingerprint density at radius 3 is 2.94 bits per heavy atom. The summed E-state index contributed by atoms with van der Waals surface area (Å²) in [5.41, 5.74) is 7.62. The lowest BCUT2D eigenvalue weighted by Gasteiger charge is -2.37. The Labute approximate surface area is 102 Å². The van der Waals surface area contributed by atoms with Crippen LogP contribution in [0.2, 0.25) is 0 Å². The minimum Gasteiger partial charge on any atom is -0.396 e. The average Bonchev–Trinajstić information content (AvgIpc) is 2.40. The Balaban J connectivity index is 2.11. The Morgan fingerprint density at radius 2 is 2.29 bits per heavy atom. The molecule has 1 saturated heterocycles. The highest BCUT2D eigenvalue weighted by atomic mass is 16.3. The first-order valence-corrected chi connectivity index (χ1v) is 6.37. The summed E-state index contributed by atoms with van der Waals surface area (Å²) >= 11 is 0. The molecule has 0 aliphatic carbocycles. The smallest absolute Gasteiger partial charge is 0.0555 e. The van der Waals surface area contributed by atoms with Crippen LogP contribution < -0.4 is 10.6 Å². The van der Waals surface area contributed by atoms with Crippen molar-refractivity contribution < 1.29 is 5.11 Å². The molecule has 0 aromatic carbocycles. The Morgan fingerprint density at radius 1 is 1.41 bits per heavy atom. The lowest BCUT2D eigenvalue weighted by atomic mass is 9.99. The lowest BCUT2D eigenvalue weighted by molar-refractivity contribution is 0.262. The molecule has 1 aromatic rings. The summed E-state index contributed by atoms with van der Waals surface area (Å²) in [6.45, 7) is 1.81. The number of hydrogen-bond acceptors (Lipinski definition) is 4. The van der Waals surface area contributed by atoms with Gasteiger partial charge in [-0.25, -0.2) is 0 Å². The van der Waals surface area contributed by atoms with Gasteiger partial charge in [0.05, 0.1) is 17.6 Å². The number of nitrogens with zero attached hydrogens (tertiary/aromatic N) is 2. The highest BCUT2D eigenvalue weighted by Gasteiger charge is 2.22. The van der Waals surface area contributed by atoms with Crippen molar-refractivity contribution in [3.63, 3.8) is 0 Å². The van der Waals surface area contributed by atoms with E-state index < -0.39 is 0 Å². The monoisotopic (exact) mass is 235 g/mol. The van der Waals surface area contributed by atoms with Gasteiger partial charge in [0.15, 0.2) is 0 Å². The second-order valence-corrected chi connectivity index (χ2v) is 4.57. The van der Waals surface area contributed by atoms with Crippen LogP contribution in [-0.4, -0.2) is 29.3 Å². The van der Waals surface area contributed by atoms with Gasteiger partial charge in [0.1, 0.15) is 0 Å². The van der Waals surface area contributed by atoms with Gasteiger partial charge in [0.25, 0.3) is 0 Å². The van der Waals surface area contributed by atoms with Gasteiger partial charge < -0.3 is 15.7 Å². The van der Waals surface area contributed by atoms with Gasteiger partial charge in [0.2, 0.25) is 0 Å². The number of aliphatic hydroxyl groups is 1. The van der Waals surface area contributed by atoms with Gasteiger partial charge in [0, 0.05) is 25.7 Å². The van der Waals surface area contributed by atoms with Crippen LogP contribution in [0.4, 0.5) is 5.69 Å². The number of aromatic nitrogens is 1. The molecule has 1 unspecified atom stereocenters. The summed E-state index contributed by atoms with van der Waals surface area (Å²) in [4.78, 5) is 6.71. The zero-order valence-electron chi connectivity index (χ0n) is 10.2. The fourth-order valence-electron chi connectivity index (χ4n) is 2.50. The molecular formula is C13H21N3O. The number of rotatable bonds is 4. The minimum atomic E-state index is 0.259. The van der Waals surface area contributed by atoms with Crippen molar-refractivity contribution >= 4 is 5.69 Å². The molecule has 1 aliphatic rings. The molecule has 4 heteroatoms. The van der Waals surface area contributed by atoms with Crippen molar-refractivity contribution in [3.05, 3.63) is 24.0 Å². The van der Waals surface area contributed by atoms with Crippen LogP contribution in [0.3, 0.4) is 0 Å². The highest BCUT2D eigenvalue weighted by molar-refractivity contribution is 5.46. The van der Waals surface area contributed by atoms with Gasteiger partial charge in [-0.2, -0.15) is 0 Å². The number of nitrogens with two attached hydrogens (primary N) is 1. The van der Waals surface area contributed by atoms with Gasteiger partial charge in [-0.05, 0) is 37.8 Å². The van der Waals surface area contributed by atoms with E-state index in [4.69, 9.17) is 10.8 Å². The normalized spacial score (nSPS) is 20.6. The van der Waals surface area contributed by atoms with Gasteiger partial charge in [-0.1, -0.05) is 0 Å². The first-order chi connectivity index (χ1) is 8.35. The summed E-state index contributed by atoms with van der Waals surface area (Å²) in [6.07, 6.45) is 6.39. The maximum atomic E-state index is 9.11. The summed E-state index contributed by atoms with van der Waals surface area (Å²) in [6, 6.07) is 4.53. The van der Waals surface area contributed by atoms with Gasteiger partial charge in [-0.15, -0.1) is 0 Å². The van der Waals surface area contributed by atoms with Crippen molar-refractivity contribution in [2.45, 2.75) is 38.3 Å². The molecule has 0 saturated carbocycles. The van der Waals surface area contributed by atoms with E-state index in [9.17, 15) is 0 Å². The van der Waals surface area contributed by atoms with Crippen molar-refractivity contribution in [1.29, 1.82) is 0 Å². The van der Waals surface area contributed by atoms with Crippen LogP contribution in [-0.2, 0) is 6.54 Å². The van der Waals surface area contributed by atoms with Gasteiger partial charge >= 0.3 is 0 Å². The molecule has 1 atom stereocenters. The Bertz CT molecular complexity index is 337. The van der Waals surface area contributed by atoms with Crippen LogP contribution >= 0.6 is 0 Å². The topological polar surface area (TPSA) is 62.4 Å². The molecule has 3 N–H and O–H groups in total. The van der Waals surface area contributed by atoms with Crippen molar-refractivity contribution in [3.8, 4) is 0 Å². The predicted octanol–water partition coefficient (Wildman–Crippen LogP) is 1.28. The molecule has 2 heterocycles. The first kappa shape index (κ1) is 12.3. The zero-order chi connectivity index (χ0) is 12.1. The van der Waals surface area contributed by atoms with Crippen LogP contribution in [0.1, 0.15) is 31.4 Å². The molecule has 0 spiro atoms. The molecule has 0 radical (unpaired) electrons. The summed E-state index contributed by atoms with van der Waals surface area (Å²) in [5, 5.41) is 9.11. The Hall–Kier alpha value is -1.13. The minimum absolute atomic E-state index is 0.259. The lowest BCUT2D eigenvalue weighted by Crippen LogP contribution is -2.40. The van der Waals surface area contributed by atoms with E-state index >= 15 is 0 Å². The number of piperidine rings is 1. The van der Waals surface area contributed by atoms with E-state index in [0.717, 1.165) is 24.3 Å². The van der Waals surface area contributed by atoms with Gasteiger partial charge in [-0.3, -0.25) is 4.98 Å². The molecule has 4 nitrogen and oxygen atoms in total. The highest BCUT2D eigenvalue weighted by Crippen LogP contribution is 2.25. The first-order valence-electron chi connectivity index (χ1n) is 6.37. The SMILES string of the molecule is NCc1ccc(N2CCCCC2CCO)cn1. The standard InChI is InChI=1S/C13H21N3O/c14-9-11-4-5-13(10-15-11)16-7-2-1-3-12(16)6-8-17/h4-5,10,12,17H,1-3,6-9,14H2. The molecule has 17 heavy (non-hydrogen) atoms. The zero-order valence-corrected chi connectivity index (χ0v) is 10.2. The summed E-state index contributed by atoms with van der Waals surface area (Å²) < 4.78 is 0. The van der Waals surface area contributed by atoms with Crippen LogP contribution in [0, 0.1) is 0 Å². The van der Waals surface area contributed by atoms with Crippen LogP contribution in [0.5, 0.6) is 0 Å².